The summed E-state index contributed by atoms with van der Waals surface area (Å²) in [5, 5.41) is 10.2. The van der Waals surface area contributed by atoms with E-state index in [1.54, 1.807) is 28.8 Å². The van der Waals surface area contributed by atoms with E-state index in [0.717, 1.165) is 4.47 Å². The van der Waals surface area contributed by atoms with E-state index in [-0.39, 0.29) is 11.7 Å². The molecule has 2 aromatic rings. The Kier molecular flexibility index (Phi) is 4.47. The molecular weight excluding hydrogens is 365 g/mol. The molecule has 20 heavy (non-hydrogen) atoms. The van der Waals surface area contributed by atoms with Crippen molar-refractivity contribution >= 4 is 45.1 Å². The largest absolute Gasteiger partial charge is 0.477 e. The average molecular weight is 377 g/mol. The number of benzene rings is 1. The quantitative estimate of drug-likeness (QED) is 0.767. The number of halogens is 3. The van der Waals surface area contributed by atoms with Gasteiger partial charge in [0.15, 0.2) is 0 Å². The minimum absolute atomic E-state index is 0.0260. The van der Waals surface area contributed by atoms with Gasteiger partial charge in [0.25, 0.3) is 0 Å². The Morgan fingerprint density at radius 2 is 1.80 bits per heavy atom. The molecule has 1 aromatic heterocycles. The highest BCUT2D eigenvalue weighted by Gasteiger charge is 2.20. The van der Waals surface area contributed by atoms with E-state index in [0.29, 0.717) is 21.3 Å². The van der Waals surface area contributed by atoms with Crippen LogP contribution >= 0.6 is 39.1 Å². The highest BCUT2D eigenvalue weighted by atomic mass is 79.9. The molecule has 1 aromatic carbocycles. The molecule has 6 heteroatoms. The third-order valence-corrected chi connectivity index (χ3v) is 3.97. The molecule has 2 rings (SSSR count). The summed E-state index contributed by atoms with van der Waals surface area (Å²) >= 11 is 15.8. The fraction of sp³-hybridized carbons (Fsp3) is 0.214. The van der Waals surface area contributed by atoms with Crippen molar-refractivity contribution in [1.82, 2.24) is 4.57 Å². The van der Waals surface area contributed by atoms with Crippen molar-refractivity contribution in [2.45, 2.75) is 19.9 Å². The minimum Gasteiger partial charge on any atom is -0.477 e. The van der Waals surface area contributed by atoms with Crippen molar-refractivity contribution in [1.29, 1.82) is 0 Å². The van der Waals surface area contributed by atoms with E-state index in [1.807, 2.05) is 13.8 Å². The van der Waals surface area contributed by atoms with Gasteiger partial charge in [-0.25, -0.2) is 4.79 Å². The van der Waals surface area contributed by atoms with Crippen LogP contribution in [-0.4, -0.2) is 15.6 Å². The molecule has 0 aliphatic carbocycles. The van der Waals surface area contributed by atoms with Crippen molar-refractivity contribution in [3.05, 3.63) is 44.5 Å². The molecule has 3 nitrogen and oxygen atoms in total. The van der Waals surface area contributed by atoms with Crippen LogP contribution in [-0.2, 0) is 0 Å². The molecule has 0 bridgehead atoms. The molecule has 0 aliphatic rings. The van der Waals surface area contributed by atoms with E-state index >= 15 is 0 Å². The van der Waals surface area contributed by atoms with Gasteiger partial charge in [0.1, 0.15) is 5.69 Å². The lowest BCUT2D eigenvalue weighted by molar-refractivity contribution is 0.0683. The van der Waals surface area contributed by atoms with Crippen molar-refractivity contribution in [3.8, 4) is 11.3 Å². The lowest BCUT2D eigenvalue weighted by atomic mass is 10.1. The topological polar surface area (TPSA) is 42.2 Å². The predicted octanol–water partition coefficient (Wildman–Crippen LogP) is 5.50. The summed E-state index contributed by atoms with van der Waals surface area (Å²) in [5.41, 5.74) is 1.54. The highest BCUT2D eigenvalue weighted by Crippen LogP contribution is 2.39. The summed E-state index contributed by atoms with van der Waals surface area (Å²) in [7, 11) is 0. The lowest BCUT2D eigenvalue weighted by Crippen LogP contribution is -2.11. The zero-order valence-corrected chi connectivity index (χ0v) is 13.9. The molecule has 1 heterocycles. The van der Waals surface area contributed by atoms with Gasteiger partial charge in [0.2, 0.25) is 0 Å². The van der Waals surface area contributed by atoms with Gasteiger partial charge in [0, 0.05) is 16.1 Å². The van der Waals surface area contributed by atoms with Gasteiger partial charge in [-0.15, -0.1) is 0 Å². The molecule has 0 atom stereocenters. The predicted molar refractivity (Wildman–Crippen MR) is 84.9 cm³/mol. The number of carbonyl (C=O) groups is 1. The molecule has 0 amide bonds. The first-order chi connectivity index (χ1) is 9.32. The molecule has 0 spiro atoms. The lowest BCUT2D eigenvalue weighted by Gasteiger charge is -2.17. The first-order valence-electron chi connectivity index (χ1n) is 5.92. The fourth-order valence-corrected chi connectivity index (χ4v) is 3.57. The Morgan fingerprint density at radius 3 is 2.25 bits per heavy atom. The van der Waals surface area contributed by atoms with Crippen LogP contribution in [0.4, 0.5) is 0 Å². The first kappa shape index (κ1) is 15.4. The summed E-state index contributed by atoms with van der Waals surface area (Å²) in [6, 6.07) is 6.74. The number of hydrogen-bond acceptors (Lipinski definition) is 1. The second-order valence-corrected chi connectivity index (χ2v) is 6.35. The number of nitrogens with zero attached hydrogens (tertiary/aromatic N) is 1. The van der Waals surface area contributed by atoms with Crippen molar-refractivity contribution < 1.29 is 9.90 Å². The Bertz CT molecular complexity index is 657. The van der Waals surface area contributed by atoms with E-state index in [1.165, 1.54) is 0 Å². The summed E-state index contributed by atoms with van der Waals surface area (Å²) in [6.07, 6.45) is 0. The normalized spacial score (nSPS) is 11.1. The van der Waals surface area contributed by atoms with Crippen LogP contribution in [0.2, 0.25) is 10.0 Å². The summed E-state index contributed by atoms with van der Waals surface area (Å²) < 4.78 is 2.49. The third-order valence-electron chi connectivity index (χ3n) is 2.92. The molecule has 0 aliphatic heterocycles. The zero-order chi connectivity index (χ0) is 15.0. The summed E-state index contributed by atoms with van der Waals surface area (Å²) in [4.78, 5) is 11.3. The van der Waals surface area contributed by atoms with Crippen LogP contribution < -0.4 is 0 Å². The molecule has 0 radical (unpaired) electrons. The molecule has 0 saturated heterocycles. The average Bonchev–Trinajstić information content (AvgIpc) is 2.72. The number of aromatic carboxylic acids is 1. The van der Waals surface area contributed by atoms with Crippen molar-refractivity contribution in [2.24, 2.45) is 0 Å². The highest BCUT2D eigenvalue weighted by molar-refractivity contribution is 9.10. The first-order valence-corrected chi connectivity index (χ1v) is 7.47. The smallest absolute Gasteiger partial charge is 0.352 e. The molecule has 0 unspecified atom stereocenters. The maximum Gasteiger partial charge on any atom is 0.352 e. The van der Waals surface area contributed by atoms with Crippen molar-refractivity contribution in [3.63, 3.8) is 0 Å². The number of carboxylic acids is 1. The van der Waals surface area contributed by atoms with Gasteiger partial charge >= 0.3 is 5.97 Å². The Hall–Kier alpha value is -0.970. The van der Waals surface area contributed by atoms with E-state index in [4.69, 9.17) is 23.2 Å². The SMILES string of the molecule is CC(C)n1c(C(=O)O)ccc1-c1c(Cl)cc(Br)cc1Cl. The van der Waals surface area contributed by atoms with Gasteiger partial charge in [-0.1, -0.05) is 39.1 Å². The molecular formula is C14H12BrCl2NO2. The fourth-order valence-electron chi connectivity index (χ4n) is 2.17. The minimum atomic E-state index is -0.977. The van der Waals surface area contributed by atoms with Crippen LogP contribution in [0.25, 0.3) is 11.3 Å². The van der Waals surface area contributed by atoms with Gasteiger partial charge in [0.05, 0.1) is 15.7 Å². The summed E-state index contributed by atoms with van der Waals surface area (Å²) in [6.45, 7) is 3.83. The Labute approximate surface area is 135 Å². The van der Waals surface area contributed by atoms with Gasteiger partial charge in [-0.2, -0.15) is 0 Å². The van der Waals surface area contributed by atoms with E-state index < -0.39 is 5.97 Å². The van der Waals surface area contributed by atoms with Gasteiger partial charge in [-0.05, 0) is 38.1 Å². The second kappa shape index (κ2) is 5.80. The van der Waals surface area contributed by atoms with Gasteiger partial charge in [-0.3, -0.25) is 0 Å². The molecule has 0 fully saturated rings. The number of rotatable bonds is 3. The summed E-state index contributed by atoms with van der Waals surface area (Å²) in [5.74, 6) is -0.977. The standard InChI is InChI=1S/C14H12BrCl2NO2/c1-7(2)18-11(3-4-12(18)14(19)20)13-9(16)5-8(15)6-10(13)17/h3-7H,1-2H3,(H,19,20). The molecule has 0 saturated carbocycles. The Balaban J connectivity index is 2.74. The maximum absolute atomic E-state index is 11.3. The van der Waals surface area contributed by atoms with E-state index in [9.17, 15) is 9.90 Å². The molecule has 106 valence electrons. The van der Waals surface area contributed by atoms with Crippen LogP contribution in [0.5, 0.6) is 0 Å². The Morgan fingerprint density at radius 1 is 1.25 bits per heavy atom. The zero-order valence-electron chi connectivity index (χ0n) is 10.8. The van der Waals surface area contributed by atoms with Crippen LogP contribution in [0, 0.1) is 0 Å². The van der Waals surface area contributed by atoms with Crippen LogP contribution in [0.1, 0.15) is 30.4 Å². The monoisotopic (exact) mass is 375 g/mol. The van der Waals surface area contributed by atoms with Crippen molar-refractivity contribution in [2.75, 3.05) is 0 Å². The van der Waals surface area contributed by atoms with Crippen LogP contribution in [0.15, 0.2) is 28.7 Å². The van der Waals surface area contributed by atoms with Crippen LogP contribution in [0.3, 0.4) is 0 Å². The second-order valence-electron chi connectivity index (χ2n) is 4.62. The number of aromatic nitrogens is 1. The number of hydrogen-bond donors (Lipinski definition) is 1. The number of carboxylic acid groups (broad SMARTS) is 1. The third kappa shape index (κ3) is 2.73. The molecule has 1 N–H and O–H groups in total. The maximum atomic E-state index is 11.3. The van der Waals surface area contributed by atoms with E-state index in [2.05, 4.69) is 15.9 Å². The van der Waals surface area contributed by atoms with Gasteiger partial charge < -0.3 is 9.67 Å².